The van der Waals surface area contributed by atoms with Crippen molar-refractivity contribution in [1.29, 1.82) is 0 Å². The van der Waals surface area contributed by atoms with Gasteiger partial charge in [0.2, 0.25) is 5.78 Å². The van der Waals surface area contributed by atoms with Crippen molar-refractivity contribution < 1.29 is 13.9 Å². The lowest BCUT2D eigenvalue weighted by Crippen LogP contribution is -2.15. The molecule has 2 rings (SSSR count). The van der Waals surface area contributed by atoms with Gasteiger partial charge >= 0.3 is 0 Å². The van der Waals surface area contributed by atoms with E-state index in [9.17, 15) is 9.18 Å². The van der Waals surface area contributed by atoms with Crippen LogP contribution < -0.4 is 0 Å². The van der Waals surface area contributed by atoms with Crippen molar-refractivity contribution in [3.05, 3.63) is 46.0 Å². The van der Waals surface area contributed by atoms with Crippen molar-refractivity contribution in [2.24, 2.45) is 0 Å². The molecule has 24 heavy (non-hydrogen) atoms. The van der Waals surface area contributed by atoms with Crippen LogP contribution in [0.4, 0.5) is 4.39 Å². The highest BCUT2D eigenvalue weighted by atomic mass is 35.5. The van der Waals surface area contributed by atoms with Crippen LogP contribution in [-0.4, -0.2) is 51.4 Å². The Hall–Kier alpha value is -1.15. The third-order valence-corrected chi connectivity index (χ3v) is 5.18. The van der Waals surface area contributed by atoms with E-state index in [0.717, 1.165) is 11.9 Å². The summed E-state index contributed by atoms with van der Waals surface area (Å²) < 4.78 is 20.9. The van der Waals surface area contributed by atoms with Gasteiger partial charge in [-0.1, -0.05) is 23.2 Å². The van der Waals surface area contributed by atoms with Crippen LogP contribution in [0, 0.1) is 5.82 Å². The number of pyridine rings is 1. The van der Waals surface area contributed by atoms with Gasteiger partial charge in [-0.15, -0.1) is 0 Å². The number of imidazole rings is 1. The first-order chi connectivity index (χ1) is 11.2. The molecule has 0 atom stereocenters. The first kappa shape index (κ1) is 19.2. The highest BCUT2D eigenvalue weighted by Crippen LogP contribution is 2.33. The standard InChI is InChI=1S/C15H18Cl2FN3O2S/c1-24(2,3)7-6-23-9-21-5-4-19-15(21)13(22)10-8-20-14(17)12(18)11(10)16/h4-5,8H,6-7,9H2,1-3H3. The summed E-state index contributed by atoms with van der Waals surface area (Å²) in [5.74, 6) is -0.406. The predicted octanol–water partition coefficient (Wildman–Crippen LogP) is 3.62. The number of nitrogens with zero attached hydrogens (tertiary/aromatic N) is 3. The highest BCUT2D eigenvalue weighted by Gasteiger charge is 2.22. The van der Waals surface area contributed by atoms with E-state index in [1.165, 1.54) is 6.20 Å². The van der Waals surface area contributed by atoms with Gasteiger partial charge in [0, 0.05) is 24.3 Å². The molecule has 132 valence electrons. The molecule has 0 aliphatic carbocycles. The molecule has 0 bridgehead atoms. The van der Waals surface area contributed by atoms with Crippen LogP contribution in [0.5, 0.6) is 0 Å². The fraction of sp³-hybridized carbons (Fsp3) is 0.400. The molecule has 0 amide bonds. The second-order valence-electron chi connectivity index (χ2n) is 5.97. The molecule has 0 unspecified atom stereocenters. The first-order valence-electron chi connectivity index (χ1n) is 7.00. The summed E-state index contributed by atoms with van der Waals surface area (Å²) in [6.45, 7) is 0.764. The number of aromatic nitrogens is 3. The molecule has 0 aromatic carbocycles. The zero-order valence-electron chi connectivity index (χ0n) is 13.6. The van der Waals surface area contributed by atoms with Crippen LogP contribution in [0.25, 0.3) is 0 Å². The van der Waals surface area contributed by atoms with Gasteiger partial charge in [-0.2, -0.15) is 0 Å². The summed E-state index contributed by atoms with van der Waals surface area (Å²) in [6.07, 6.45) is 10.8. The number of carbonyl (C=O) groups excluding carboxylic acids is 1. The lowest BCUT2D eigenvalue weighted by Gasteiger charge is -2.24. The third kappa shape index (κ3) is 4.69. The molecule has 9 heteroatoms. The minimum absolute atomic E-state index is 0.0925. The van der Waals surface area contributed by atoms with Gasteiger partial charge in [0.15, 0.2) is 16.8 Å². The van der Waals surface area contributed by atoms with Crippen molar-refractivity contribution in [3.63, 3.8) is 0 Å². The van der Waals surface area contributed by atoms with Crippen LogP contribution in [0.1, 0.15) is 16.2 Å². The third-order valence-electron chi connectivity index (χ3n) is 3.15. The van der Waals surface area contributed by atoms with E-state index in [1.807, 2.05) is 0 Å². The Balaban J connectivity index is 2.12. The number of rotatable bonds is 7. The Morgan fingerprint density at radius 2 is 2.04 bits per heavy atom. The summed E-state index contributed by atoms with van der Waals surface area (Å²) in [6, 6.07) is 0. The molecule has 0 saturated heterocycles. The molecular weight excluding hydrogens is 376 g/mol. The van der Waals surface area contributed by atoms with Crippen LogP contribution >= 0.6 is 33.2 Å². The number of hydrogen-bond donors (Lipinski definition) is 0. The molecular formula is C15H18Cl2FN3O2S. The average Bonchev–Trinajstić information content (AvgIpc) is 2.96. The largest absolute Gasteiger partial charge is 0.360 e. The van der Waals surface area contributed by atoms with E-state index in [1.54, 1.807) is 10.8 Å². The molecule has 0 saturated carbocycles. The van der Waals surface area contributed by atoms with E-state index in [-0.39, 0.29) is 28.3 Å². The Bertz CT molecular complexity index is 747. The number of ether oxygens (including phenoxy) is 1. The fourth-order valence-corrected chi connectivity index (χ4v) is 2.85. The highest BCUT2D eigenvalue weighted by molar-refractivity contribution is 8.32. The molecule has 0 spiro atoms. The molecule has 5 nitrogen and oxygen atoms in total. The zero-order chi connectivity index (χ0) is 17.9. The van der Waals surface area contributed by atoms with E-state index >= 15 is 0 Å². The molecule has 2 aromatic heterocycles. The molecule has 0 aliphatic rings. The minimum atomic E-state index is -0.924. The smallest absolute Gasteiger partial charge is 0.231 e. The summed E-state index contributed by atoms with van der Waals surface area (Å²) in [5.41, 5.74) is -0.0925. The quantitative estimate of drug-likeness (QED) is 0.409. The topological polar surface area (TPSA) is 57.0 Å². The minimum Gasteiger partial charge on any atom is -0.360 e. The second-order valence-corrected chi connectivity index (χ2v) is 11.3. The SMILES string of the molecule is CS(C)(C)CCOCn1ccnc1C(=O)c1cnc(Cl)c(F)c1Cl. The van der Waals surface area contributed by atoms with Crippen LogP contribution in [0.2, 0.25) is 10.2 Å². The monoisotopic (exact) mass is 393 g/mol. The van der Waals surface area contributed by atoms with E-state index in [0.29, 0.717) is 6.61 Å². The molecule has 0 N–H and O–H groups in total. The maximum absolute atomic E-state index is 13.7. The first-order valence-corrected chi connectivity index (χ1v) is 10.8. The number of hydrogen-bond acceptors (Lipinski definition) is 4. The lowest BCUT2D eigenvalue weighted by molar-refractivity contribution is 0.0830. The Morgan fingerprint density at radius 3 is 2.71 bits per heavy atom. The zero-order valence-corrected chi connectivity index (χ0v) is 15.9. The van der Waals surface area contributed by atoms with Gasteiger partial charge < -0.3 is 9.30 Å². The van der Waals surface area contributed by atoms with E-state index < -0.39 is 21.6 Å². The Morgan fingerprint density at radius 1 is 1.33 bits per heavy atom. The van der Waals surface area contributed by atoms with Crippen molar-refractivity contribution in [3.8, 4) is 0 Å². The second kappa shape index (κ2) is 7.82. The summed E-state index contributed by atoms with van der Waals surface area (Å²) in [5, 5.41) is -0.750. The maximum atomic E-state index is 13.7. The Labute approximate surface area is 151 Å². The molecule has 2 aromatic rings. The molecule has 0 aliphatic heterocycles. The summed E-state index contributed by atoms with van der Waals surface area (Å²) in [7, 11) is -0.646. The normalized spacial score (nSPS) is 12.4. The number of halogens is 3. The van der Waals surface area contributed by atoms with Gasteiger partial charge in [-0.3, -0.25) is 4.79 Å². The number of ketones is 1. The van der Waals surface area contributed by atoms with Crippen LogP contribution in [0.15, 0.2) is 18.6 Å². The molecule has 2 heterocycles. The maximum Gasteiger partial charge on any atom is 0.231 e. The van der Waals surface area contributed by atoms with Crippen LogP contribution in [0.3, 0.4) is 0 Å². The van der Waals surface area contributed by atoms with Crippen molar-refractivity contribution in [1.82, 2.24) is 14.5 Å². The summed E-state index contributed by atoms with van der Waals surface area (Å²) >= 11 is 11.4. The summed E-state index contributed by atoms with van der Waals surface area (Å²) in [4.78, 5) is 20.2. The van der Waals surface area contributed by atoms with Crippen molar-refractivity contribution in [2.75, 3.05) is 31.1 Å². The van der Waals surface area contributed by atoms with Gasteiger partial charge in [-0.25, -0.2) is 24.4 Å². The Kier molecular flexibility index (Phi) is 6.25. The molecule has 0 fully saturated rings. The van der Waals surface area contributed by atoms with Gasteiger partial charge in [0.05, 0.1) is 17.2 Å². The predicted molar refractivity (Wildman–Crippen MR) is 96.1 cm³/mol. The molecule has 0 radical (unpaired) electrons. The average molecular weight is 394 g/mol. The lowest BCUT2D eigenvalue weighted by atomic mass is 10.2. The van der Waals surface area contributed by atoms with E-state index in [4.69, 9.17) is 27.9 Å². The van der Waals surface area contributed by atoms with Crippen molar-refractivity contribution in [2.45, 2.75) is 6.73 Å². The number of carbonyl (C=O) groups is 1. The van der Waals surface area contributed by atoms with Crippen LogP contribution in [-0.2, 0) is 11.5 Å². The van der Waals surface area contributed by atoms with Gasteiger partial charge in [0.25, 0.3) is 0 Å². The van der Waals surface area contributed by atoms with E-state index in [2.05, 4.69) is 28.7 Å². The van der Waals surface area contributed by atoms with Crippen molar-refractivity contribution >= 4 is 39.0 Å². The fourth-order valence-electron chi connectivity index (χ4n) is 1.82. The van der Waals surface area contributed by atoms with Gasteiger partial charge in [-0.05, 0) is 18.8 Å². The van der Waals surface area contributed by atoms with Gasteiger partial charge in [0.1, 0.15) is 6.73 Å².